The standard InChI is InChI=1S/C9H7NO3S/c1-14-7-5(8(11)12)3-2-4-6(7)10-9(14)13/h2-4H,1H3,(H-,10,11,12,13). The van der Waals surface area contributed by atoms with Crippen LogP contribution in [0.4, 0.5) is 0 Å². The van der Waals surface area contributed by atoms with Gasteiger partial charge < -0.3 is 9.90 Å². The predicted octanol–water partition coefficient (Wildman–Crippen LogP) is 0.178. The average Bonchev–Trinajstić information content (AvgIpc) is 2.43. The Morgan fingerprint density at radius 1 is 1.50 bits per heavy atom. The highest BCUT2D eigenvalue weighted by Gasteiger charge is 2.18. The lowest BCUT2D eigenvalue weighted by Gasteiger charge is -1.99. The van der Waals surface area contributed by atoms with Crippen molar-refractivity contribution in [2.24, 2.45) is 6.26 Å². The van der Waals surface area contributed by atoms with Crippen LogP contribution in [0.2, 0.25) is 0 Å². The summed E-state index contributed by atoms with van der Waals surface area (Å²) in [5.41, 5.74) is 0.689. The van der Waals surface area contributed by atoms with Crippen molar-refractivity contribution in [2.75, 3.05) is 0 Å². The first-order chi connectivity index (χ1) is 6.61. The zero-order chi connectivity index (χ0) is 10.3. The van der Waals surface area contributed by atoms with Crippen LogP contribution in [0.1, 0.15) is 10.4 Å². The average molecular weight is 209 g/mol. The SMILES string of the molecule is C[s+]1c(=O)[nH]c2cccc(C(=O)[O-])c21. The third-order valence-electron chi connectivity index (χ3n) is 2.06. The molecule has 0 saturated carbocycles. The van der Waals surface area contributed by atoms with Crippen molar-refractivity contribution < 1.29 is 9.90 Å². The van der Waals surface area contributed by atoms with E-state index in [9.17, 15) is 14.7 Å². The van der Waals surface area contributed by atoms with Crippen molar-refractivity contribution in [3.05, 3.63) is 33.4 Å². The summed E-state index contributed by atoms with van der Waals surface area (Å²) >= 11 is 0. The lowest BCUT2D eigenvalue weighted by molar-refractivity contribution is -0.254. The third kappa shape index (κ3) is 1.13. The fourth-order valence-corrected chi connectivity index (χ4v) is 2.78. The number of fused-ring (bicyclic) bond motifs is 1. The van der Waals surface area contributed by atoms with Crippen LogP contribution >= 0.6 is 10.5 Å². The number of hydrogen-bond donors (Lipinski definition) is 1. The number of rotatable bonds is 1. The van der Waals surface area contributed by atoms with Crippen molar-refractivity contribution in [2.45, 2.75) is 0 Å². The summed E-state index contributed by atoms with van der Waals surface area (Å²) in [5.74, 6) is -1.24. The van der Waals surface area contributed by atoms with Crippen LogP contribution in [-0.2, 0) is 6.26 Å². The molecular formula is C9H7NO3S. The van der Waals surface area contributed by atoms with Crippen LogP contribution in [0.15, 0.2) is 23.0 Å². The monoisotopic (exact) mass is 209 g/mol. The van der Waals surface area contributed by atoms with E-state index in [-0.39, 0.29) is 10.4 Å². The molecule has 0 amide bonds. The molecular weight excluding hydrogens is 202 g/mol. The number of hydrogen-bond acceptors (Lipinski definition) is 3. The Hall–Kier alpha value is -1.62. The quantitative estimate of drug-likeness (QED) is 0.681. The lowest BCUT2D eigenvalue weighted by Crippen LogP contribution is -2.22. The van der Waals surface area contributed by atoms with Gasteiger partial charge in [0.05, 0.1) is 11.5 Å². The van der Waals surface area contributed by atoms with Crippen LogP contribution < -0.4 is 9.98 Å². The molecule has 14 heavy (non-hydrogen) atoms. The second-order valence-electron chi connectivity index (χ2n) is 2.89. The molecule has 0 radical (unpaired) electrons. The van der Waals surface area contributed by atoms with Crippen LogP contribution in [0.5, 0.6) is 0 Å². The van der Waals surface area contributed by atoms with Gasteiger partial charge in [0.2, 0.25) is 4.70 Å². The number of carbonyl (C=O) groups excluding carboxylic acids is 1. The van der Waals surface area contributed by atoms with Gasteiger partial charge in [0.1, 0.15) is 11.8 Å². The molecule has 0 bridgehead atoms. The van der Waals surface area contributed by atoms with Crippen molar-refractivity contribution in [1.82, 2.24) is 4.98 Å². The van der Waals surface area contributed by atoms with Crippen LogP contribution in [0.3, 0.4) is 0 Å². The van der Waals surface area contributed by atoms with Gasteiger partial charge in [-0.2, -0.15) is 0 Å². The molecule has 0 aliphatic rings. The molecule has 1 N–H and O–H groups in total. The van der Waals surface area contributed by atoms with Gasteiger partial charge in [-0.05, 0) is 12.1 Å². The summed E-state index contributed by atoms with van der Waals surface area (Å²) in [6.45, 7) is 0. The zero-order valence-corrected chi connectivity index (χ0v) is 8.18. The number of carbonyl (C=O) groups is 1. The maximum atomic E-state index is 11.3. The number of nitrogens with one attached hydrogen (secondary N) is 1. The van der Waals surface area contributed by atoms with E-state index in [1.807, 2.05) is 0 Å². The molecule has 0 fully saturated rings. The van der Waals surface area contributed by atoms with Gasteiger partial charge in [-0.1, -0.05) is 6.07 Å². The Balaban J connectivity index is 2.98. The number of benzene rings is 1. The summed E-state index contributed by atoms with van der Waals surface area (Å²) in [6.07, 6.45) is 1.70. The molecule has 1 atom stereocenters. The minimum Gasteiger partial charge on any atom is -0.545 e. The number of aromatic nitrogens is 1. The highest BCUT2D eigenvalue weighted by molar-refractivity contribution is 7.33. The summed E-state index contributed by atoms with van der Waals surface area (Å²) in [7, 11) is -0.695. The van der Waals surface area contributed by atoms with Gasteiger partial charge in [-0.3, -0.25) is 4.98 Å². The minimum absolute atomic E-state index is 0.103. The van der Waals surface area contributed by atoms with E-state index < -0.39 is 16.4 Å². The second-order valence-corrected chi connectivity index (χ2v) is 4.69. The fraction of sp³-hybridized carbons (Fsp3) is 0.111. The molecule has 0 spiro atoms. The second kappa shape index (κ2) is 2.95. The van der Waals surface area contributed by atoms with Crippen molar-refractivity contribution in [1.29, 1.82) is 0 Å². The maximum absolute atomic E-state index is 11.3. The minimum atomic E-state index is -1.24. The predicted molar refractivity (Wildman–Crippen MR) is 52.4 cm³/mol. The van der Waals surface area contributed by atoms with E-state index >= 15 is 0 Å². The van der Waals surface area contributed by atoms with Crippen molar-refractivity contribution >= 4 is 26.7 Å². The number of aryl methyl sites for hydroxylation is 1. The molecule has 2 rings (SSSR count). The number of thiazole rings is 1. The van der Waals surface area contributed by atoms with Gasteiger partial charge in [0.15, 0.2) is 0 Å². The molecule has 2 aromatic rings. The first-order valence-corrected chi connectivity index (χ1v) is 5.56. The number of H-pyrrole nitrogens is 1. The largest absolute Gasteiger partial charge is 0.545 e. The molecule has 1 aromatic carbocycles. The molecule has 0 saturated heterocycles. The van der Waals surface area contributed by atoms with Gasteiger partial charge in [-0.15, -0.1) is 0 Å². The molecule has 0 aliphatic carbocycles. The molecule has 1 heterocycles. The lowest BCUT2D eigenvalue weighted by atomic mass is 10.2. The van der Waals surface area contributed by atoms with E-state index in [0.29, 0.717) is 10.2 Å². The number of carboxylic acid groups (broad SMARTS) is 1. The molecule has 1 aromatic heterocycles. The maximum Gasteiger partial charge on any atom is 0.455 e. The Morgan fingerprint density at radius 2 is 2.21 bits per heavy atom. The molecule has 72 valence electrons. The summed E-state index contributed by atoms with van der Waals surface area (Å²) in [4.78, 5) is 24.5. The Kier molecular flexibility index (Phi) is 1.89. The zero-order valence-electron chi connectivity index (χ0n) is 7.37. The topological polar surface area (TPSA) is 73.0 Å². The Bertz CT molecular complexity index is 567. The highest BCUT2D eigenvalue weighted by atomic mass is 32.2. The molecule has 0 aliphatic heterocycles. The van der Waals surface area contributed by atoms with E-state index in [1.54, 1.807) is 18.4 Å². The fourth-order valence-electron chi connectivity index (χ4n) is 1.41. The van der Waals surface area contributed by atoms with Crippen LogP contribution in [0.25, 0.3) is 10.2 Å². The number of aromatic carboxylic acids is 1. The third-order valence-corrected chi connectivity index (χ3v) is 3.77. The summed E-state index contributed by atoms with van der Waals surface area (Å²) < 4.78 is 0.553. The van der Waals surface area contributed by atoms with Gasteiger partial charge >= 0.3 is 4.87 Å². The summed E-state index contributed by atoms with van der Waals surface area (Å²) in [5, 5.41) is 10.8. The molecule has 1 unspecified atom stereocenters. The first kappa shape index (κ1) is 8.96. The normalized spacial score (nSPS) is 11.9. The molecule has 4 nitrogen and oxygen atoms in total. The van der Waals surface area contributed by atoms with Crippen LogP contribution in [-0.4, -0.2) is 11.0 Å². The van der Waals surface area contributed by atoms with E-state index in [4.69, 9.17) is 0 Å². The van der Waals surface area contributed by atoms with Gasteiger partial charge in [0, 0.05) is 10.5 Å². The highest BCUT2D eigenvalue weighted by Crippen LogP contribution is 2.25. The van der Waals surface area contributed by atoms with Crippen molar-refractivity contribution in [3.63, 3.8) is 0 Å². The smallest absolute Gasteiger partial charge is 0.455 e. The summed E-state index contributed by atoms with van der Waals surface area (Å²) in [6, 6.07) is 4.74. The van der Waals surface area contributed by atoms with E-state index in [2.05, 4.69) is 4.98 Å². The van der Waals surface area contributed by atoms with Crippen LogP contribution in [0, 0.1) is 0 Å². The van der Waals surface area contributed by atoms with Gasteiger partial charge in [0.25, 0.3) is 0 Å². The number of carboxylic acids is 1. The van der Waals surface area contributed by atoms with Crippen molar-refractivity contribution in [3.8, 4) is 0 Å². The van der Waals surface area contributed by atoms with E-state index in [1.165, 1.54) is 6.07 Å². The Morgan fingerprint density at radius 3 is 2.86 bits per heavy atom. The van der Waals surface area contributed by atoms with E-state index in [0.717, 1.165) is 0 Å². The first-order valence-electron chi connectivity index (χ1n) is 3.92. The Labute approximate surface area is 81.8 Å². The van der Waals surface area contributed by atoms with Gasteiger partial charge in [-0.25, -0.2) is 4.79 Å². The molecule has 5 heteroatoms. The number of aromatic amines is 1.